The molecule has 4 rings (SSSR count). The Hall–Kier alpha value is -3.21. The highest BCUT2D eigenvalue weighted by atomic mass is 16.5. The van der Waals surface area contributed by atoms with Crippen molar-refractivity contribution in [3.05, 3.63) is 60.7 Å². The van der Waals surface area contributed by atoms with E-state index in [-0.39, 0.29) is 0 Å². The molecule has 0 aliphatic heterocycles. The zero-order valence-electron chi connectivity index (χ0n) is 13.4. The third kappa shape index (κ3) is 2.22. The van der Waals surface area contributed by atoms with Crippen molar-refractivity contribution in [2.45, 2.75) is 6.92 Å². The lowest BCUT2D eigenvalue weighted by Crippen LogP contribution is -1.89. The number of aromatic nitrogens is 3. The summed E-state index contributed by atoms with van der Waals surface area (Å²) in [5, 5.41) is 5.22. The smallest absolute Gasteiger partial charge is 0.175 e. The zero-order valence-corrected chi connectivity index (χ0v) is 13.4. The highest BCUT2D eigenvalue weighted by Crippen LogP contribution is 2.38. The molecular weight excluding hydrogens is 302 g/mol. The fraction of sp³-hybridized carbons (Fsp3) is 0.105. The van der Waals surface area contributed by atoms with Crippen molar-refractivity contribution in [3.63, 3.8) is 0 Å². The van der Waals surface area contributed by atoms with Crippen LogP contribution in [-0.4, -0.2) is 22.2 Å². The van der Waals surface area contributed by atoms with Gasteiger partial charge in [0.15, 0.2) is 5.58 Å². The van der Waals surface area contributed by atoms with Gasteiger partial charge in [0.25, 0.3) is 0 Å². The molecule has 4 aromatic rings. The van der Waals surface area contributed by atoms with Crippen molar-refractivity contribution in [3.8, 4) is 28.1 Å². The van der Waals surface area contributed by atoms with Crippen molar-refractivity contribution < 1.29 is 9.26 Å². The van der Waals surface area contributed by atoms with E-state index in [9.17, 15) is 0 Å². The van der Waals surface area contributed by atoms with Crippen molar-refractivity contribution in [1.29, 1.82) is 0 Å². The van der Waals surface area contributed by atoms with E-state index in [1.807, 2.05) is 49.4 Å². The molecule has 0 unspecified atom stereocenters. The molecule has 5 heteroatoms. The molecule has 0 saturated carbocycles. The van der Waals surface area contributed by atoms with E-state index in [4.69, 9.17) is 9.26 Å². The second-order valence-corrected chi connectivity index (χ2v) is 5.44. The number of hydrogen-bond donors (Lipinski definition) is 0. The summed E-state index contributed by atoms with van der Waals surface area (Å²) in [6.07, 6.45) is 3.34. The van der Waals surface area contributed by atoms with Gasteiger partial charge in [-0.1, -0.05) is 29.4 Å². The molecule has 0 aliphatic rings. The molecule has 5 nitrogen and oxygen atoms in total. The molecule has 2 aromatic carbocycles. The summed E-state index contributed by atoms with van der Waals surface area (Å²) in [6, 6.07) is 13.7. The number of benzene rings is 2. The second-order valence-electron chi connectivity index (χ2n) is 5.44. The maximum Gasteiger partial charge on any atom is 0.175 e. The molecule has 0 N–H and O–H groups in total. The van der Waals surface area contributed by atoms with Crippen LogP contribution in [0, 0.1) is 6.92 Å². The van der Waals surface area contributed by atoms with E-state index < -0.39 is 0 Å². The number of para-hydroxylation sites is 2. The lowest BCUT2D eigenvalue weighted by molar-refractivity contribution is 0.415. The second kappa shape index (κ2) is 5.77. The Bertz CT molecular complexity index is 1020. The summed E-state index contributed by atoms with van der Waals surface area (Å²) in [7, 11) is 1.65. The van der Waals surface area contributed by atoms with E-state index in [2.05, 4.69) is 15.1 Å². The van der Waals surface area contributed by atoms with Crippen LogP contribution in [0.1, 0.15) is 5.69 Å². The Balaban J connectivity index is 1.97. The number of rotatable bonds is 3. The molecule has 0 radical (unpaired) electrons. The van der Waals surface area contributed by atoms with Crippen LogP contribution in [0.4, 0.5) is 0 Å². The summed E-state index contributed by atoms with van der Waals surface area (Å²) >= 11 is 0. The Morgan fingerprint density at radius 2 is 1.79 bits per heavy atom. The summed E-state index contributed by atoms with van der Waals surface area (Å²) in [6.45, 7) is 1.95. The van der Waals surface area contributed by atoms with E-state index in [1.165, 1.54) is 0 Å². The van der Waals surface area contributed by atoms with Gasteiger partial charge in [-0.25, -0.2) is 9.97 Å². The highest BCUT2D eigenvalue weighted by molar-refractivity contribution is 6.00. The fourth-order valence-corrected chi connectivity index (χ4v) is 2.86. The van der Waals surface area contributed by atoms with E-state index >= 15 is 0 Å². The van der Waals surface area contributed by atoms with Crippen molar-refractivity contribution in [2.24, 2.45) is 0 Å². The number of nitrogens with zero attached hydrogens (tertiary/aromatic N) is 3. The van der Waals surface area contributed by atoms with Crippen molar-refractivity contribution in [1.82, 2.24) is 15.1 Å². The molecule has 0 saturated heterocycles. The third-order valence-corrected chi connectivity index (χ3v) is 4.06. The number of ether oxygens (including phenoxy) is 1. The summed E-state index contributed by atoms with van der Waals surface area (Å²) in [5.74, 6) is 0.761. The monoisotopic (exact) mass is 317 g/mol. The van der Waals surface area contributed by atoms with Crippen LogP contribution in [0.15, 0.2) is 59.5 Å². The summed E-state index contributed by atoms with van der Waals surface area (Å²) in [5.41, 5.74) is 5.14. The molecule has 0 atom stereocenters. The lowest BCUT2D eigenvalue weighted by atomic mass is 10.0. The number of fused-ring (bicyclic) bond motifs is 1. The number of aryl methyl sites for hydroxylation is 1. The average Bonchev–Trinajstić information content (AvgIpc) is 3.06. The predicted molar refractivity (Wildman–Crippen MR) is 91.8 cm³/mol. The molecule has 0 amide bonds. The van der Waals surface area contributed by atoms with Crippen LogP contribution in [0.3, 0.4) is 0 Å². The molecule has 0 aliphatic carbocycles. The van der Waals surface area contributed by atoms with Gasteiger partial charge in [0, 0.05) is 28.6 Å². The van der Waals surface area contributed by atoms with Gasteiger partial charge in [-0.3, -0.25) is 0 Å². The number of methoxy groups -OCH3 is 1. The number of hydrogen-bond acceptors (Lipinski definition) is 5. The van der Waals surface area contributed by atoms with Gasteiger partial charge in [0.1, 0.15) is 17.8 Å². The minimum atomic E-state index is 0.719. The minimum Gasteiger partial charge on any atom is -0.496 e. The average molecular weight is 317 g/mol. The SMILES string of the molecule is COc1ccccc1-c1noc2c(-c3cncnc3C)cccc12. The standard InChI is InChI=1S/C19H15N3O2/c1-12-16(10-20-11-21-12)13-7-5-8-15-18(22-24-19(13)15)14-6-3-4-9-17(14)23-2/h3-11H,1-2H3. The van der Waals surface area contributed by atoms with Gasteiger partial charge in [-0.15, -0.1) is 0 Å². The van der Waals surface area contributed by atoms with Crippen LogP contribution in [0.5, 0.6) is 5.75 Å². The van der Waals surface area contributed by atoms with Gasteiger partial charge < -0.3 is 9.26 Å². The Morgan fingerprint density at radius 3 is 2.62 bits per heavy atom. The van der Waals surface area contributed by atoms with Gasteiger partial charge in [-0.05, 0) is 25.1 Å². The maximum absolute atomic E-state index is 5.68. The van der Waals surface area contributed by atoms with Gasteiger partial charge >= 0.3 is 0 Å². The third-order valence-electron chi connectivity index (χ3n) is 4.06. The molecule has 0 fully saturated rings. The normalized spacial score (nSPS) is 10.9. The first-order valence-corrected chi connectivity index (χ1v) is 7.58. The van der Waals surface area contributed by atoms with Crippen LogP contribution in [0.2, 0.25) is 0 Å². The summed E-state index contributed by atoms with van der Waals surface area (Å²) < 4.78 is 11.1. The van der Waals surface area contributed by atoms with Crippen LogP contribution in [0.25, 0.3) is 33.4 Å². The van der Waals surface area contributed by atoms with Gasteiger partial charge in [0.2, 0.25) is 0 Å². The van der Waals surface area contributed by atoms with E-state index in [0.717, 1.165) is 44.8 Å². The highest BCUT2D eigenvalue weighted by Gasteiger charge is 2.18. The molecule has 0 spiro atoms. The zero-order chi connectivity index (χ0) is 16.5. The molecule has 24 heavy (non-hydrogen) atoms. The molecule has 2 heterocycles. The lowest BCUT2D eigenvalue weighted by Gasteiger charge is -2.06. The van der Waals surface area contributed by atoms with Gasteiger partial charge in [0.05, 0.1) is 12.5 Å². The predicted octanol–water partition coefficient (Wildman–Crippen LogP) is 4.27. The Labute approximate surface area is 138 Å². The van der Waals surface area contributed by atoms with Crippen molar-refractivity contribution >= 4 is 11.0 Å². The van der Waals surface area contributed by atoms with Crippen LogP contribution in [-0.2, 0) is 0 Å². The Morgan fingerprint density at radius 1 is 0.958 bits per heavy atom. The summed E-state index contributed by atoms with van der Waals surface area (Å²) in [4.78, 5) is 8.39. The quantitative estimate of drug-likeness (QED) is 0.565. The minimum absolute atomic E-state index is 0.719. The van der Waals surface area contributed by atoms with Crippen LogP contribution < -0.4 is 4.74 Å². The van der Waals surface area contributed by atoms with Gasteiger partial charge in [-0.2, -0.15) is 0 Å². The van der Waals surface area contributed by atoms with E-state index in [1.54, 1.807) is 19.6 Å². The van der Waals surface area contributed by atoms with Crippen LogP contribution >= 0.6 is 0 Å². The molecular formula is C19H15N3O2. The molecule has 2 aromatic heterocycles. The first-order valence-electron chi connectivity index (χ1n) is 7.58. The fourth-order valence-electron chi connectivity index (χ4n) is 2.86. The maximum atomic E-state index is 5.68. The Kier molecular flexibility index (Phi) is 3.46. The first kappa shape index (κ1) is 14.4. The topological polar surface area (TPSA) is 61.0 Å². The molecule has 118 valence electrons. The van der Waals surface area contributed by atoms with Crippen molar-refractivity contribution in [2.75, 3.05) is 7.11 Å². The van der Waals surface area contributed by atoms with E-state index in [0.29, 0.717) is 0 Å². The largest absolute Gasteiger partial charge is 0.496 e. The first-order chi connectivity index (χ1) is 11.8. The molecule has 0 bridgehead atoms.